The molecular formula is C20H18F3I2NO3. The van der Waals surface area contributed by atoms with Crippen molar-refractivity contribution in [2.45, 2.75) is 25.1 Å². The minimum atomic E-state index is -4.92. The van der Waals surface area contributed by atoms with E-state index in [9.17, 15) is 18.0 Å². The second-order valence-electron chi connectivity index (χ2n) is 6.65. The third-order valence-corrected chi connectivity index (χ3v) is 6.10. The van der Waals surface area contributed by atoms with Crippen LogP contribution in [0.3, 0.4) is 0 Å². The fourth-order valence-corrected chi connectivity index (χ4v) is 5.67. The fraction of sp³-hybridized carbons (Fsp3) is 0.350. The number of alkyl halides is 3. The zero-order valence-electron chi connectivity index (χ0n) is 15.6. The summed E-state index contributed by atoms with van der Waals surface area (Å²) in [4.78, 5) is 13.1. The van der Waals surface area contributed by atoms with Crippen LogP contribution < -0.4 is 9.47 Å². The first-order chi connectivity index (χ1) is 13.6. The van der Waals surface area contributed by atoms with Gasteiger partial charge >= 0.3 is 12.1 Å². The van der Waals surface area contributed by atoms with E-state index >= 15 is 0 Å². The lowest BCUT2D eigenvalue weighted by atomic mass is 9.88. The molecule has 1 aliphatic heterocycles. The van der Waals surface area contributed by atoms with E-state index in [4.69, 9.17) is 9.47 Å². The van der Waals surface area contributed by atoms with Gasteiger partial charge < -0.3 is 14.4 Å². The molecular weight excluding hydrogens is 613 g/mol. The molecule has 2 aromatic rings. The maximum Gasteiger partial charge on any atom is 0.471 e. The predicted molar refractivity (Wildman–Crippen MR) is 119 cm³/mol. The molecule has 1 heterocycles. The van der Waals surface area contributed by atoms with Crippen LogP contribution in [0.5, 0.6) is 11.5 Å². The highest BCUT2D eigenvalue weighted by Gasteiger charge is 2.46. The van der Waals surface area contributed by atoms with E-state index in [1.165, 1.54) is 14.2 Å². The minimum Gasteiger partial charge on any atom is -0.493 e. The molecule has 1 aliphatic rings. The van der Waals surface area contributed by atoms with Crippen molar-refractivity contribution in [1.29, 1.82) is 0 Å². The second-order valence-corrected chi connectivity index (χ2v) is 9.14. The number of hydrogen-bond donors (Lipinski definition) is 0. The average molecular weight is 631 g/mol. The Morgan fingerprint density at radius 1 is 1.07 bits per heavy atom. The Labute approximate surface area is 194 Å². The van der Waals surface area contributed by atoms with Crippen LogP contribution in [0.15, 0.2) is 30.3 Å². The summed E-state index contributed by atoms with van der Waals surface area (Å²) >= 11 is 4.35. The van der Waals surface area contributed by atoms with Crippen molar-refractivity contribution in [3.8, 4) is 11.5 Å². The SMILES string of the molecule is COc1cc2c(cc1OC)C(Cc1cc(I)cc(I)c1)N(C(=O)C(F)(F)F)CC2. The van der Waals surface area contributed by atoms with E-state index in [2.05, 4.69) is 45.2 Å². The predicted octanol–water partition coefficient (Wildman–Crippen LogP) is 5.14. The number of carbonyl (C=O) groups excluding carboxylic acids is 1. The number of nitrogens with zero attached hydrogens (tertiary/aromatic N) is 1. The first kappa shape index (κ1) is 22.4. The average Bonchev–Trinajstić information content (AvgIpc) is 2.65. The van der Waals surface area contributed by atoms with Crippen LogP contribution in [0.4, 0.5) is 13.2 Å². The number of methoxy groups -OCH3 is 2. The topological polar surface area (TPSA) is 38.8 Å². The Morgan fingerprint density at radius 3 is 2.21 bits per heavy atom. The first-order valence-corrected chi connectivity index (χ1v) is 10.9. The summed E-state index contributed by atoms with van der Waals surface area (Å²) in [5, 5.41) is 0. The number of ether oxygens (including phenoxy) is 2. The van der Waals surface area contributed by atoms with Gasteiger partial charge in [0.1, 0.15) is 0 Å². The van der Waals surface area contributed by atoms with Crippen molar-refractivity contribution in [2.24, 2.45) is 0 Å². The van der Waals surface area contributed by atoms with Crippen LogP contribution in [0.1, 0.15) is 22.7 Å². The molecule has 4 nitrogen and oxygen atoms in total. The van der Waals surface area contributed by atoms with Gasteiger partial charge in [0.05, 0.1) is 20.3 Å². The zero-order valence-corrected chi connectivity index (χ0v) is 20.0. The summed E-state index contributed by atoms with van der Waals surface area (Å²) in [6, 6.07) is 8.55. The van der Waals surface area contributed by atoms with Crippen LogP contribution in [0.25, 0.3) is 0 Å². The lowest BCUT2D eigenvalue weighted by molar-refractivity contribution is -0.188. The molecule has 29 heavy (non-hydrogen) atoms. The number of carbonyl (C=O) groups is 1. The van der Waals surface area contributed by atoms with Crippen LogP contribution in [-0.2, 0) is 17.6 Å². The maximum atomic E-state index is 13.3. The Balaban J connectivity index is 2.10. The molecule has 0 saturated heterocycles. The van der Waals surface area contributed by atoms with Crippen LogP contribution in [0, 0.1) is 7.14 Å². The van der Waals surface area contributed by atoms with Gasteiger partial charge in [-0.3, -0.25) is 4.79 Å². The molecule has 3 rings (SSSR count). The highest BCUT2D eigenvalue weighted by Crippen LogP contribution is 2.41. The molecule has 0 saturated carbocycles. The van der Waals surface area contributed by atoms with Crippen LogP contribution >= 0.6 is 45.2 Å². The van der Waals surface area contributed by atoms with Crippen molar-refractivity contribution < 1.29 is 27.4 Å². The molecule has 0 fully saturated rings. The maximum absolute atomic E-state index is 13.3. The van der Waals surface area contributed by atoms with Crippen molar-refractivity contribution in [3.05, 3.63) is 54.2 Å². The number of amides is 1. The van der Waals surface area contributed by atoms with Crippen molar-refractivity contribution >= 4 is 51.1 Å². The van der Waals surface area contributed by atoms with Crippen molar-refractivity contribution in [3.63, 3.8) is 0 Å². The van der Waals surface area contributed by atoms with Gasteiger partial charge in [-0.15, -0.1) is 0 Å². The quantitative estimate of drug-likeness (QED) is 0.439. The zero-order chi connectivity index (χ0) is 21.3. The summed E-state index contributed by atoms with van der Waals surface area (Å²) in [7, 11) is 2.99. The Bertz CT molecular complexity index is 914. The fourth-order valence-electron chi connectivity index (χ4n) is 3.61. The third kappa shape index (κ3) is 4.92. The molecule has 0 radical (unpaired) electrons. The monoisotopic (exact) mass is 631 g/mol. The van der Waals surface area contributed by atoms with E-state index in [0.29, 0.717) is 23.5 Å². The molecule has 0 aliphatic carbocycles. The summed E-state index contributed by atoms with van der Waals surface area (Å²) in [5.41, 5.74) is 2.38. The summed E-state index contributed by atoms with van der Waals surface area (Å²) in [6.07, 6.45) is -4.33. The second kappa shape index (κ2) is 8.86. The van der Waals surface area contributed by atoms with Gasteiger partial charge in [-0.05, 0) is 105 Å². The van der Waals surface area contributed by atoms with Gasteiger partial charge in [0.25, 0.3) is 0 Å². The molecule has 0 spiro atoms. The third-order valence-electron chi connectivity index (χ3n) is 4.86. The van der Waals surface area contributed by atoms with Gasteiger partial charge in [0.2, 0.25) is 0 Å². The standard InChI is InChI=1S/C20H18F3I2NO3/c1-28-17-8-12-3-4-26(19(27)20(21,22)23)16(15(12)10-18(17)29-2)7-11-5-13(24)9-14(25)6-11/h5-6,8-10,16H,3-4,7H2,1-2H3. The minimum absolute atomic E-state index is 0.00743. The first-order valence-electron chi connectivity index (χ1n) is 8.71. The van der Waals surface area contributed by atoms with Gasteiger partial charge in [-0.1, -0.05) is 0 Å². The molecule has 1 atom stereocenters. The highest BCUT2D eigenvalue weighted by molar-refractivity contribution is 14.1. The van der Waals surface area contributed by atoms with Gasteiger partial charge in [0, 0.05) is 13.7 Å². The molecule has 156 valence electrons. The lowest BCUT2D eigenvalue weighted by Crippen LogP contribution is -2.47. The number of halogens is 5. The number of hydrogen-bond acceptors (Lipinski definition) is 3. The molecule has 9 heteroatoms. The molecule has 0 N–H and O–H groups in total. The van der Waals surface area contributed by atoms with Gasteiger partial charge in [0.15, 0.2) is 11.5 Å². The lowest BCUT2D eigenvalue weighted by Gasteiger charge is -2.38. The number of rotatable bonds is 4. The van der Waals surface area contributed by atoms with Gasteiger partial charge in [-0.2, -0.15) is 13.2 Å². The smallest absolute Gasteiger partial charge is 0.471 e. The summed E-state index contributed by atoms with van der Waals surface area (Å²) in [6.45, 7) is -0.00743. The Morgan fingerprint density at radius 2 is 1.66 bits per heavy atom. The van der Waals surface area contributed by atoms with Crippen LogP contribution in [-0.4, -0.2) is 37.7 Å². The molecule has 1 amide bonds. The van der Waals surface area contributed by atoms with E-state index in [1.807, 2.05) is 18.2 Å². The van der Waals surface area contributed by atoms with E-state index < -0.39 is 18.1 Å². The summed E-state index contributed by atoms with van der Waals surface area (Å²) < 4.78 is 52.5. The van der Waals surface area contributed by atoms with Crippen molar-refractivity contribution in [1.82, 2.24) is 4.90 Å². The van der Waals surface area contributed by atoms with Crippen molar-refractivity contribution in [2.75, 3.05) is 20.8 Å². The molecule has 0 aromatic heterocycles. The molecule has 1 unspecified atom stereocenters. The molecule has 2 aromatic carbocycles. The molecule has 0 bridgehead atoms. The number of fused-ring (bicyclic) bond motifs is 1. The van der Waals surface area contributed by atoms with E-state index in [1.54, 1.807) is 12.1 Å². The summed E-state index contributed by atoms with van der Waals surface area (Å²) in [5.74, 6) is -0.873. The van der Waals surface area contributed by atoms with Crippen LogP contribution in [0.2, 0.25) is 0 Å². The normalized spacial score (nSPS) is 16.4. The Hall–Kier alpha value is -1.24. The van der Waals surface area contributed by atoms with E-state index in [-0.39, 0.29) is 13.0 Å². The van der Waals surface area contributed by atoms with E-state index in [0.717, 1.165) is 23.2 Å². The Kier molecular flexibility index (Phi) is 6.86. The highest BCUT2D eigenvalue weighted by atomic mass is 127. The van der Waals surface area contributed by atoms with Gasteiger partial charge in [-0.25, -0.2) is 0 Å². The number of benzene rings is 2. The largest absolute Gasteiger partial charge is 0.493 e.